The summed E-state index contributed by atoms with van der Waals surface area (Å²) in [5, 5.41) is 3.88. The zero-order valence-electron chi connectivity index (χ0n) is 18.1. The molecule has 0 aliphatic carbocycles. The average molecular weight is 449 g/mol. The first kappa shape index (κ1) is 24.2. The maximum atomic E-state index is 13.4. The molecule has 6 heteroatoms. The molecule has 0 aromatic heterocycles. The Kier molecular flexibility index (Phi) is 9.19. The van der Waals surface area contributed by atoms with E-state index in [1.165, 1.54) is 0 Å². The normalized spacial score (nSPS) is 11.8. The lowest BCUT2D eigenvalue weighted by molar-refractivity contribution is -0.140. The number of carbonyl (C=O) groups excluding carboxylic acids is 2. The largest absolute Gasteiger partial charge is 0.354 e. The Morgan fingerprint density at radius 3 is 2.17 bits per heavy atom. The molecule has 1 atom stereocenters. The van der Waals surface area contributed by atoms with Gasteiger partial charge in [-0.1, -0.05) is 72.4 Å². The summed E-state index contributed by atoms with van der Waals surface area (Å²) < 4.78 is 0. The Hall–Kier alpha value is -2.04. The van der Waals surface area contributed by atoms with E-state index in [2.05, 4.69) is 11.4 Å². The minimum Gasteiger partial charge on any atom is -0.354 e. The number of hydrogen-bond acceptors (Lipinski definition) is 2. The molecule has 0 saturated carbocycles. The van der Waals surface area contributed by atoms with Gasteiger partial charge < -0.3 is 10.2 Å². The zero-order chi connectivity index (χ0) is 22.3. The van der Waals surface area contributed by atoms with Crippen molar-refractivity contribution in [2.45, 2.75) is 59.5 Å². The molecule has 0 unspecified atom stereocenters. The van der Waals surface area contributed by atoms with Gasteiger partial charge >= 0.3 is 0 Å². The predicted molar refractivity (Wildman–Crippen MR) is 124 cm³/mol. The Balaban J connectivity index is 2.37. The quantitative estimate of drug-likeness (QED) is 0.551. The molecule has 162 valence electrons. The number of halogens is 2. The summed E-state index contributed by atoms with van der Waals surface area (Å²) in [4.78, 5) is 27.8. The molecule has 0 radical (unpaired) electrons. The van der Waals surface area contributed by atoms with Gasteiger partial charge in [-0.3, -0.25) is 9.59 Å². The highest BCUT2D eigenvalue weighted by atomic mass is 35.5. The Morgan fingerprint density at radius 2 is 1.63 bits per heavy atom. The number of amides is 2. The molecule has 2 amide bonds. The number of aryl methyl sites for hydroxylation is 2. The van der Waals surface area contributed by atoms with Crippen LogP contribution < -0.4 is 5.32 Å². The van der Waals surface area contributed by atoms with Crippen molar-refractivity contribution in [3.8, 4) is 0 Å². The fourth-order valence-electron chi connectivity index (χ4n) is 3.59. The number of nitrogens with one attached hydrogen (secondary N) is 1. The fraction of sp³-hybridized carbons (Fsp3) is 0.417. The molecule has 0 aliphatic heterocycles. The van der Waals surface area contributed by atoms with Crippen molar-refractivity contribution >= 4 is 35.0 Å². The topological polar surface area (TPSA) is 49.4 Å². The maximum absolute atomic E-state index is 13.4. The first-order chi connectivity index (χ1) is 14.3. The highest BCUT2D eigenvalue weighted by molar-refractivity contribution is 6.36. The smallest absolute Gasteiger partial charge is 0.242 e. The molecule has 30 heavy (non-hydrogen) atoms. The van der Waals surface area contributed by atoms with Crippen LogP contribution in [-0.2, 0) is 22.6 Å². The molecule has 1 N–H and O–H groups in total. The second kappa shape index (κ2) is 11.4. The first-order valence-electron chi connectivity index (χ1n) is 10.3. The average Bonchev–Trinajstić information content (AvgIpc) is 2.67. The predicted octanol–water partition coefficient (Wildman–Crippen LogP) is 5.49. The van der Waals surface area contributed by atoms with Crippen LogP contribution in [0.4, 0.5) is 0 Å². The van der Waals surface area contributed by atoms with Crippen molar-refractivity contribution in [3.05, 3.63) is 68.7 Å². The van der Waals surface area contributed by atoms with E-state index >= 15 is 0 Å². The summed E-state index contributed by atoms with van der Waals surface area (Å²) in [5.41, 5.74) is 3.78. The van der Waals surface area contributed by atoms with Gasteiger partial charge in [0.05, 0.1) is 6.42 Å². The number of carbonyl (C=O) groups is 2. The Morgan fingerprint density at radius 1 is 1.03 bits per heavy atom. The number of hydrogen-bond donors (Lipinski definition) is 1. The van der Waals surface area contributed by atoms with E-state index in [0.717, 1.165) is 23.1 Å². The van der Waals surface area contributed by atoms with Crippen LogP contribution in [0.3, 0.4) is 0 Å². The van der Waals surface area contributed by atoms with Gasteiger partial charge in [-0.2, -0.15) is 0 Å². The molecule has 0 heterocycles. The van der Waals surface area contributed by atoms with Crippen LogP contribution >= 0.6 is 23.2 Å². The van der Waals surface area contributed by atoms with E-state index in [9.17, 15) is 9.59 Å². The van der Waals surface area contributed by atoms with Crippen LogP contribution in [0, 0.1) is 13.8 Å². The van der Waals surface area contributed by atoms with Gasteiger partial charge in [-0.05, 0) is 44.4 Å². The summed E-state index contributed by atoms with van der Waals surface area (Å²) in [6.45, 7) is 8.67. The van der Waals surface area contributed by atoms with E-state index in [1.807, 2.05) is 39.8 Å². The van der Waals surface area contributed by atoms with Gasteiger partial charge in [0.1, 0.15) is 6.04 Å². The standard InChI is InChI=1S/C24H30Cl2N2O2/c1-5-10-27-24(30)22(6-2)28(15-19-20(25)8-7-9-21(19)26)23(29)14-18-12-16(3)11-17(4)13-18/h7-9,11-13,22H,5-6,10,14-15H2,1-4H3,(H,27,30)/t22-/m1/s1. The second-order valence-corrected chi connectivity index (χ2v) is 8.42. The Bertz CT molecular complexity index is 858. The van der Waals surface area contributed by atoms with Gasteiger partial charge in [0.25, 0.3) is 0 Å². The first-order valence-corrected chi connectivity index (χ1v) is 11.1. The van der Waals surface area contributed by atoms with Crippen molar-refractivity contribution in [2.75, 3.05) is 6.54 Å². The minimum atomic E-state index is -0.595. The molecule has 2 aromatic rings. The third-order valence-electron chi connectivity index (χ3n) is 4.96. The zero-order valence-corrected chi connectivity index (χ0v) is 19.6. The molecule has 0 aliphatic rings. The lowest BCUT2D eigenvalue weighted by Gasteiger charge is -2.31. The summed E-state index contributed by atoms with van der Waals surface area (Å²) in [6, 6.07) is 10.7. The minimum absolute atomic E-state index is 0.130. The van der Waals surface area contributed by atoms with Crippen molar-refractivity contribution in [3.63, 3.8) is 0 Å². The van der Waals surface area contributed by atoms with E-state index in [-0.39, 0.29) is 24.8 Å². The third-order valence-corrected chi connectivity index (χ3v) is 5.67. The fourth-order valence-corrected chi connectivity index (χ4v) is 4.10. The molecular weight excluding hydrogens is 419 g/mol. The van der Waals surface area contributed by atoms with E-state index in [1.54, 1.807) is 23.1 Å². The van der Waals surface area contributed by atoms with Crippen molar-refractivity contribution in [1.82, 2.24) is 10.2 Å². The van der Waals surface area contributed by atoms with Crippen LogP contribution in [0.15, 0.2) is 36.4 Å². The van der Waals surface area contributed by atoms with Crippen molar-refractivity contribution in [2.24, 2.45) is 0 Å². The van der Waals surface area contributed by atoms with Crippen LogP contribution in [0.5, 0.6) is 0 Å². The van der Waals surface area contributed by atoms with E-state index in [4.69, 9.17) is 23.2 Å². The SMILES string of the molecule is CCCNC(=O)[C@@H](CC)N(Cc1c(Cl)cccc1Cl)C(=O)Cc1cc(C)cc(C)c1. The monoisotopic (exact) mass is 448 g/mol. The van der Waals surface area contributed by atoms with Gasteiger partial charge in [0.15, 0.2) is 0 Å². The number of benzene rings is 2. The van der Waals surface area contributed by atoms with E-state index < -0.39 is 6.04 Å². The maximum Gasteiger partial charge on any atom is 0.242 e. The van der Waals surface area contributed by atoms with Crippen LogP contribution in [0.1, 0.15) is 48.9 Å². The van der Waals surface area contributed by atoms with Crippen LogP contribution in [-0.4, -0.2) is 29.3 Å². The van der Waals surface area contributed by atoms with Crippen LogP contribution in [0.2, 0.25) is 10.0 Å². The highest BCUT2D eigenvalue weighted by Gasteiger charge is 2.29. The second-order valence-electron chi connectivity index (χ2n) is 7.61. The molecule has 4 nitrogen and oxygen atoms in total. The molecule has 0 spiro atoms. The van der Waals surface area contributed by atoms with Gasteiger partial charge in [0, 0.05) is 28.7 Å². The van der Waals surface area contributed by atoms with E-state index in [0.29, 0.717) is 28.6 Å². The molecular formula is C24H30Cl2N2O2. The summed E-state index contributed by atoms with van der Waals surface area (Å²) in [5.74, 6) is -0.286. The van der Waals surface area contributed by atoms with Gasteiger partial charge in [0.2, 0.25) is 11.8 Å². The summed E-state index contributed by atoms with van der Waals surface area (Å²) in [7, 11) is 0. The lowest BCUT2D eigenvalue weighted by Crippen LogP contribution is -2.49. The highest BCUT2D eigenvalue weighted by Crippen LogP contribution is 2.27. The number of nitrogens with zero attached hydrogens (tertiary/aromatic N) is 1. The lowest BCUT2D eigenvalue weighted by atomic mass is 10.0. The molecule has 2 rings (SSSR count). The summed E-state index contributed by atoms with van der Waals surface area (Å²) in [6.07, 6.45) is 1.54. The van der Waals surface area contributed by atoms with Crippen molar-refractivity contribution < 1.29 is 9.59 Å². The Labute approximate surface area is 189 Å². The van der Waals surface area contributed by atoms with Crippen LogP contribution in [0.25, 0.3) is 0 Å². The molecule has 0 fully saturated rings. The van der Waals surface area contributed by atoms with Gasteiger partial charge in [-0.15, -0.1) is 0 Å². The van der Waals surface area contributed by atoms with Gasteiger partial charge in [-0.25, -0.2) is 0 Å². The summed E-state index contributed by atoms with van der Waals surface area (Å²) >= 11 is 12.7. The third kappa shape index (κ3) is 6.48. The molecule has 0 bridgehead atoms. The molecule has 0 saturated heterocycles. The van der Waals surface area contributed by atoms with Crippen molar-refractivity contribution in [1.29, 1.82) is 0 Å². The molecule has 2 aromatic carbocycles. The number of rotatable bonds is 9.